The van der Waals surface area contributed by atoms with Crippen LogP contribution in [0.2, 0.25) is 0 Å². The second kappa shape index (κ2) is 9.55. The van der Waals surface area contributed by atoms with Crippen LogP contribution in [0.4, 0.5) is 11.4 Å². The largest absolute Gasteiger partial charge is 0.495 e. The fourth-order valence-electron chi connectivity index (χ4n) is 2.55. The first-order valence-corrected chi connectivity index (χ1v) is 8.75. The zero-order valence-corrected chi connectivity index (χ0v) is 16.4. The Kier molecular flexibility index (Phi) is 7.14. The minimum atomic E-state index is -0.508. The predicted octanol–water partition coefficient (Wildman–Crippen LogP) is 2.99. The summed E-state index contributed by atoms with van der Waals surface area (Å²) in [5.41, 5.74) is 3.94. The first kappa shape index (κ1) is 21.0. The summed E-state index contributed by atoms with van der Waals surface area (Å²) in [6.45, 7) is 4.94. The van der Waals surface area contributed by atoms with Crippen molar-refractivity contribution >= 4 is 29.2 Å². The van der Waals surface area contributed by atoms with Crippen LogP contribution in [0.3, 0.4) is 0 Å². The van der Waals surface area contributed by atoms with Crippen molar-refractivity contribution in [1.29, 1.82) is 0 Å². The maximum Gasteiger partial charge on any atom is 0.310 e. The summed E-state index contributed by atoms with van der Waals surface area (Å²) in [5, 5.41) is 5.24. The lowest BCUT2D eigenvalue weighted by Crippen LogP contribution is -2.22. The van der Waals surface area contributed by atoms with Crippen LogP contribution >= 0.6 is 0 Å². The van der Waals surface area contributed by atoms with E-state index in [1.165, 1.54) is 14.0 Å². The summed E-state index contributed by atoms with van der Waals surface area (Å²) in [5.74, 6) is -0.810. The fraction of sp³-hybridized carbons (Fsp3) is 0.286. The number of nitrogens with one attached hydrogen (secondary N) is 2. The lowest BCUT2D eigenvalue weighted by atomic mass is 10.0. The summed E-state index contributed by atoms with van der Waals surface area (Å²) in [6.07, 6.45) is 0.0930. The van der Waals surface area contributed by atoms with Gasteiger partial charge in [0.05, 0.1) is 19.2 Å². The molecular weight excluding hydrogens is 360 g/mol. The highest BCUT2D eigenvalue weighted by Gasteiger charge is 2.12. The van der Waals surface area contributed by atoms with Gasteiger partial charge in [-0.2, -0.15) is 0 Å². The Morgan fingerprint density at radius 2 is 1.71 bits per heavy atom. The number of benzene rings is 2. The van der Waals surface area contributed by atoms with Gasteiger partial charge in [-0.15, -0.1) is 0 Å². The van der Waals surface area contributed by atoms with Gasteiger partial charge in [-0.25, -0.2) is 0 Å². The lowest BCUT2D eigenvalue weighted by Gasteiger charge is -2.12. The van der Waals surface area contributed by atoms with Gasteiger partial charge in [0.15, 0.2) is 6.61 Å². The molecule has 0 atom stereocenters. The van der Waals surface area contributed by atoms with Crippen molar-refractivity contribution in [2.75, 3.05) is 24.4 Å². The van der Waals surface area contributed by atoms with Crippen molar-refractivity contribution in [1.82, 2.24) is 0 Å². The number of amides is 2. The van der Waals surface area contributed by atoms with Gasteiger partial charge in [-0.3, -0.25) is 14.4 Å². The molecule has 0 heterocycles. The molecule has 148 valence electrons. The molecule has 0 aliphatic heterocycles. The number of hydrogen-bond acceptors (Lipinski definition) is 5. The molecule has 0 aliphatic rings. The Bertz CT molecular complexity index is 892. The third-order valence-electron chi connectivity index (χ3n) is 4.08. The number of carbonyl (C=O) groups is 3. The standard InChI is InChI=1S/C21H24N2O5/c1-13-5-6-16(9-14(13)2)10-21(26)28-12-20(25)23-18-11-17(22-15(3)24)7-8-19(18)27-4/h5-9,11H,10,12H2,1-4H3,(H,22,24)(H,23,25). The molecule has 2 N–H and O–H groups in total. The quantitative estimate of drug-likeness (QED) is 0.716. The molecule has 0 spiro atoms. The van der Waals surface area contributed by atoms with Crippen LogP contribution in [0, 0.1) is 13.8 Å². The Morgan fingerprint density at radius 1 is 0.964 bits per heavy atom. The molecule has 7 heteroatoms. The van der Waals surface area contributed by atoms with Crippen molar-refractivity contribution in [2.24, 2.45) is 0 Å². The van der Waals surface area contributed by atoms with Gasteiger partial charge >= 0.3 is 5.97 Å². The highest BCUT2D eigenvalue weighted by atomic mass is 16.5. The number of ether oxygens (including phenoxy) is 2. The van der Waals surface area contributed by atoms with E-state index in [9.17, 15) is 14.4 Å². The number of anilines is 2. The second-order valence-electron chi connectivity index (χ2n) is 6.40. The third-order valence-corrected chi connectivity index (χ3v) is 4.08. The lowest BCUT2D eigenvalue weighted by molar-refractivity contribution is -0.146. The topological polar surface area (TPSA) is 93.7 Å². The molecule has 2 rings (SSSR count). The van der Waals surface area contributed by atoms with Crippen molar-refractivity contribution in [3.8, 4) is 5.75 Å². The van der Waals surface area contributed by atoms with Crippen molar-refractivity contribution in [3.05, 3.63) is 53.1 Å². The van der Waals surface area contributed by atoms with Crippen LogP contribution in [-0.2, 0) is 25.5 Å². The number of methoxy groups -OCH3 is 1. The van der Waals surface area contributed by atoms with Gasteiger partial charge in [-0.05, 0) is 48.7 Å². The number of aryl methyl sites for hydroxylation is 2. The van der Waals surface area contributed by atoms with E-state index in [1.807, 2.05) is 32.0 Å². The molecule has 28 heavy (non-hydrogen) atoms. The van der Waals surface area contributed by atoms with Crippen molar-refractivity contribution in [2.45, 2.75) is 27.2 Å². The third kappa shape index (κ3) is 6.12. The molecule has 2 aromatic rings. The molecule has 0 unspecified atom stereocenters. The van der Waals surface area contributed by atoms with E-state index in [0.29, 0.717) is 17.1 Å². The van der Waals surface area contributed by atoms with Gasteiger partial charge in [0.2, 0.25) is 5.91 Å². The van der Waals surface area contributed by atoms with E-state index in [0.717, 1.165) is 16.7 Å². The Balaban J connectivity index is 1.93. The summed E-state index contributed by atoms with van der Waals surface area (Å²) in [4.78, 5) is 35.3. The maximum absolute atomic E-state index is 12.1. The molecule has 7 nitrogen and oxygen atoms in total. The molecule has 0 aromatic heterocycles. The average molecular weight is 384 g/mol. The Hall–Kier alpha value is -3.35. The van der Waals surface area contributed by atoms with Crippen molar-refractivity contribution in [3.63, 3.8) is 0 Å². The number of hydrogen-bond donors (Lipinski definition) is 2. The first-order chi connectivity index (χ1) is 13.3. The summed E-state index contributed by atoms with van der Waals surface area (Å²) < 4.78 is 10.3. The summed E-state index contributed by atoms with van der Waals surface area (Å²) in [6, 6.07) is 10.6. The molecule has 0 aliphatic carbocycles. The molecule has 0 fully saturated rings. The van der Waals surface area contributed by atoms with Gasteiger partial charge in [0.25, 0.3) is 5.91 Å². The minimum Gasteiger partial charge on any atom is -0.495 e. The van der Waals surface area contributed by atoms with E-state index < -0.39 is 18.5 Å². The zero-order valence-electron chi connectivity index (χ0n) is 16.4. The molecule has 0 saturated carbocycles. The van der Waals surface area contributed by atoms with E-state index in [4.69, 9.17) is 9.47 Å². The summed E-state index contributed by atoms with van der Waals surface area (Å²) in [7, 11) is 1.46. The van der Waals surface area contributed by atoms with Crippen LogP contribution in [0.15, 0.2) is 36.4 Å². The molecule has 2 aromatic carbocycles. The maximum atomic E-state index is 12.1. The van der Waals surface area contributed by atoms with Gasteiger partial charge in [-0.1, -0.05) is 18.2 Å². The molecule has 0 radical (unpaired) electrons. The van der Waals surface area contributed by atoms with E-state index >= 15 is 0 Å². The molecular formula is C21H24N2O5. The Labute approximate surface area is 164 Å². The normalized spacial score (nSPS) is 10.1. The van der Waals surface area contributed by atoms with E-state index in [1.54, 1.807) is 18.2 Å². The Morgan fingerprint density at radius 3 is 2.36 bits per heavy atom. The van der Waals surface area contributed by atoms with Crippen LogP contribution in [-0.4, -0.2) is 31.5 Å². The number of esters is 1. The minimum absolute atomic E-state index is 0.0930. The molecule has 0 saturated heterocycles. The monoisotopic (exact) mass is 384 g/mol. The van der Waals surface area contributed by atoms with Crippen LogP contribution in [0.5, 0.6) is 5.75 Å². The van der Waals surface area contributed by atoms with Crippen LogP contribution in [0.25, 0.3) is 0 Å². The van der Waals surface area contributed by atoms with E-state index in [2.05, 4.69) is 10.6 Å². The molecule has 0 bridgehead atoms. The van der Waals surface area contributed by atoms with Crippen molar-refractivity contribution < 1.29 is 23.9 Å². The smallest absolute Gasteiger partial charge is 0.310 e. The van der Waals surface area contributed by atoms with Gasteiger partial charge in [0, 0.05) is 12.6 Å². The van der Waals surface area contributed by atoms with Crippen LogP contribution in [0.1, 0.15) is 23.6 Å². The predicted molar refractivity (Wildman–Crippen MR) is 107 cm³/mol. The average Bonchev–Trinajstić information content (AvgIpc) is 2.63. The zero-order chi connectivity index (χ0) is 20.7. The summed E-state index contributed by atoms with van der Waals surface area (Å²) >= 11 is 0. The highest BCUT2D eigenvalue weighted by Crippen LogP contribution is 2.27. The highest BCUT2D eigenvalue weighted by molar-refractivity contribution is 5.96. The fourth-order valence-corrected chi connectivity index (χ4v) is 2.55. The SMILES string of the molecule is COc1ccc(NC(C)=O)cc1NC(=O)COC(=O)Cc1ccc(C)c(C)c1. The van der Waals surface area contributed by atoms with Gasteiger partial charge < -0.3 is 20.1 Å². The van der Waals surface area contributed by atoms with Gasteiger partial charge in [0.1, 0.15) is 5.75 Å². The number of rotatable bonds is 7. The molecule has 2 amide bonds. The van der Waals surface area contributed by atoms with E-state index in [-0.39, 0.29) is 12.3 Å². The first-order valence-electron chi connectivity index (χ1n) is 8.75. The van der Waals surface area contributed by atoms with Crippen LogP contribution < -0.4 is 15.4 Å². The second-order valence-corrected chi connectivity index (χ2v) is 6.40. The number of carbonyl (C=O) groups excluding carboxylic acids is 3.